The van der Waals surface area contributed by atoms with E-state index in [0.29, 0.717) is 11.1 Å². The van der Waals surface area contributed by atoms with Crippen LogP contribution in [0.5, 0.6) is 0 Å². The second-order valence-corrected chi connectivity index (χ2v) is 7.01. The smallest absolute Gasteiger partial charge is 0.234 e. The van der Waals surface area contributed by atoms with Gasteiger partial charge in [0, 0.05) is 12.3 Å². The molecule has 0 aromatic heterocycles. The summed E-state index contributed by atoms with van der Waals surface area (Å²) in [6.45, 7) is 0. The van der Waals surface area contributed by atoms with Gasteiger partial charge in [-0.2, -0.15) is 5.26 Å². The van der Waals surface area contributed by atoms with Crippen LogP contribution < -0.4 is 10.6 Å². The lowest BCUT2D eigenvalue weighted by Gasteiger charge is -2.25. The van der Waals surface area contributed by atoms with Gasteiger partial charge in [-0.1, -0.05) is 36.0 Å². The number of nitriles is 1. The molecule has 8 heteroatoms. The fourth-order valence-corrected chi connectivity index (χ4v) is 3.68. The quantitative estimate of drug-likeness (QED) is 0.804. The van der Waals surface area contributed by atoms with Crippen molar-refractivity contribution in [2.24, 2.45) is 0 Å². The number of rotatable bonds is 5. The largest absolute Gasteiger partial charge is 0.323 e. The third-order valence-corrected chi connectivity index (χ3v) is 5.14. The van der Waals surface area contributed by atoms with Gasteiger partial charge in [-0.3, -0.25) is 9.59 Å². The minimum Gasteiger partial charge on any atom is -0.323 e. The molecule has 0 bridgehead atoms. The lowest BCUT2D eigenvalue weighted by Crippen LogP contribution is -2.31. The molecule has 142 valence electrons. The molecule has 28 heavy (non-hydrogen) atoms. The highest BCUT2D eigenvalue weighted by atomic mass is 32.2. The van der Waals surface area contributed by atoms with Gasteiger partial charge in [0.15, 0.2) is 0 Å². The molecule has 1 heterocycles. The highest BCUT2D eigenvalue weighted by molar-refractivity contribution is 8.03. The van der Waals surface area contributed by atoms with E-state index in [0.717, 1.165) is 11.8 Å². The van der Waals surface area contributed by atoms with Crippen LogP contribution in [0.2, 0.25) is 0 Å². The van der Waals surface area contributed by atoms with Crippen LogP contribution in [-0.4, -0.2) is 17.6 Å². The molecule has 0 saturated heterocycles. The molecule has 1 aliphatic rings. The predicted molar refractivity (Wildman–Crippen MR) is 102 cm³/mol. The van der Waals surface area contributed by atoms with Gasteiger partial charge in [0.25, 0.3) is 0 Å². The van der Waals surface area contributed by atoms with Crippen molar-refractivity contribution in [3.8, 4) is 6.07 Å². The molecule has 0 unspecified atom stereocenters. The lowest BCUT2D eigenvalue weighted by molar-refractivity contribution is -0.121. The summed E-state index contributed by atoms with van der Waals surface area (Å²) in [7, 11) is 0. The van der Waals surface area contributed by atoms with Gasteiger partial charge < -0.3 is 10.6 Å². The Morgan fingerprint density at radius 3 is 2.61 bits per heavy atom. The first-order valence-electron chi connectivity index (χ1n) is 8.34. The summed E-state index contributed by atoms with van der Waals surface area (Å²) in [6, 6.07) is 13.4. The van der Waals surface area contributed by atoms with Crippen molar-refractivity contribution in [2.75, 3.05) is 11.1 Å². The summed E-state index contributed by atoms with van der Waals surface area (Å²) in [4.78, 5) is 24.2. The highest BCUT2D eigenvalue weighted by Gasteiger charge is 2.29. The fraction of sp³-hybridized carbons (Fsp3) is 0.150. The minimum atomic E-state index is -0.555. The molecule has 2 N–H and O–H groups in total. The zero-order chi connectivity index (χ0) is 20.1. The van der Waals surface area contributed by atoms with Crippen molar-refractivity contribution >= 4 is 29.3 Å². The summed E-state index contributed by atoms with van der Waals surface area (Å²) in [5.41, 5.74) is 0.996. The molecule has 2 aromatic rings. The van der Waals surface area contributed by atoms with E-state index in [1.54, 1.807) is 6.07 Å². The molecule has 0 radical (unpaired) electrons. The van der Waals surface area contributed by atoms with Gasteiger partial charge in [0.1, 0.15) is 11.6 Å². The maximum absolute atomic E-state index is 13.6. The molecule has 0 fully saturated rings. The Labute approximate surface area is 164 Å². The molecule has 1 aliphatic heterocycles. The Balaban J connectivity index is 1.76. The molecular formula is C20H15F2N3O2S. The summed E-state index contributed by atoms with van der Waals surface area (Å²) in [6.07, 6.45) is 0.0556. The second kappa shape index (κ2) is 8.67. The fourth-order valence-electron chi connectivity index (χ4n) is 2.80. The Morgan fingerprint density at radius 2 is 1.93 bits per heavy atom. The summed E-state index contributed by atoms with van der Waals surface area (Å²) in [5.74, 6) is -2.38. The van der Waals surface area contributed by atoms with Crippen molar-refractivity contribution in [1.29, 1.82) is 5.26 Å². The third-order valence-electron chi connectivity index (χ3n) is 4.12. The minimum absolute atomic E-state index is 0.0551. The predicted octanol–water partition coefficient (Wildman–Crippen LogP) is 3.68. The summed E-state index contributed by atoms with van der Waals surface area (Å²) < 4.78 is 26.8. The van der Waals surface area contributed by atoms with Crippen molar-refractivity contribution < 1.29 is 18.4 Å². The number of nitrogens with one attached hydrogen (secondary N) is 2. The summed E-state index contributed by atoms with van der Waals surface area (Å²) >= 11 is 0.985. The van der Waals surface area contributed by atoms with E-state index in [1.807, 2.05) is 0 Å². The average Bonchev–Trinajstić information content (AvgIpc) is 2.68. The van der Waals surface area contributed by atoms with E-state index in [9.17, 15) is 23.6 Å². The number of nitrogens with zero attached hydrogens (tertiary/aromatic N) is 1. The number of hydrogen-bond acceptors (Lipinski definition) is 4. The van der Waals surface area contributed by atoms with E-state index in [2.05, 4.69) is 16.7 Å². The van der Waals surface area contributed by atoms with E-state index < -0.39 is 23.5 Å². The Kier molecular flexibility index (Phi) is 6.06. The van der Waals surface area contributed by atoms with Crippen molar-refractivity contribution in [2.45, 2.75) is 12.3 Å². The number of benzene rings is 2. The molecule has 2 aromatic carbocycles. The van der Waals surface area contributed by atoms with Gasteiger partial charge in [-0.25, -0.2) is 8.78 Å². The molecular weight excluding hydrogens is 384 g/mol. The second-order valence-electron chi connectivity index (χ2n) is 6.03. The molecule has 0 spiro atoms. The zero-order valence-electron chi connectivity index (χ0n) is 14.5. The lowest BCUT2D eigenvalue weighted by atomic mass is 9.87. The standard InChI is InChI=1S/C20H15F2N3O2S/c21-13-7-5-12(6-8-13)14-9-18(26)25-20(15(14)10-23)28-11-19(27)24-17-4-2-1-3-16(17)22/h1-8,14H,9,11H2,(H,24,27)(H,25,26)/t14-/m0/s1. The first-order chi connectivity index (χ1) is 13.5. The van der Waals surface area contributed by atoms with E-state index in [-0.39, 0.29) is 28.8 Å². The van der Waals surface area contributed by atoms with E-state index in [1.165, 1.54) is 42.5 Å². The number of thioether (sulfide) groups is 1. The maximum Gasteiger partial charge on any atom is 0.234 e. The molecule has 1 atom stereocenters. The number of allylic oxidation sites excluding steroid dienone is 1. The number of para-hydroxylation sites is 1. The average molecular weight is 399 g/mol. The summed E-state index contributed by atoms with van der Waals surface area (Å²) in [5, 5.41) is 14.9. The van der Waals surface area contributed by atoms with Crippen LogP contribution in [0.3, 0.4) is 0 Å². The third kappa shape index (κ3) is 4.56. The monoisotopic (exact) mass is 399 g/mol. The SMILES string of the molecule is N#CC1=C(SCC(=O)Nc2ccccc2F)NC(=O)C[C@H]1c1ccc(F)cc1. The van der Waals surface area contributed by atoms with Crippen LogP contribution in [0.25, 0.3) is 0 Å². The van der Waals surface area contributed by atoms with Crippen molar-refractivity contribution in [3.05, 3.63) is 76.3 Å². The van der Waals surface area contributed by atoms with Gasteiger partial charge >= 0.3 is 0 Å². The molecule has 0 saturated carbocycles. The van der Waals surface area contributed by atoms with Gasteiger partial charge in [-0.15, -0.1) is 0 Å². The molecule has 3 rings (SSSR count). The van der Waals surface area contributed by atoms with Crippen LogP contribution in [0.1, 0.15) is 17.9 Å². The van der Waals surface area contributed by atoms with E-state index in [4.69, 9.17) is 0 Å². The topological polar surface area (TPSA) is 82.0 Å². The number of carbonyl (C=O) groups is 2. The Hall–Kier alpha value is -3.18. The van der Waals surface area contributed by atoms with Crippen LogP contribution in [0.4, 0.5) is 14.5 Å². The van der Waals surface area contributed by atoms with Crippen LogP contribution in [0, 0.1) is 23.0 Å². The number of hydrogen-bond donors (Lipinski definition) is 2. The zero-order valence-corrected chi connectivity index (χ0v) is 15.4. The number of amides is 2. The normalized spacial score (nSPS) is 16.3. The highest BCUT2D eigenvalue weighted by Crippen LogP contribution is 2.35. The number of anilines is 1. The Morgan fingerprint density at radius 1 is 1.21 bits per heavy atom. The van der Waals surface area contributed by atoms with Gasteiger partial charge in [-0.05, 0) is 29.8 Å². The number of halogens is 2. The van der Waals surface area contributed by atoms with Crippen molar-refractivity contribution in [1.82, 2.24) is 5.32 Å². The maximum atomic E-state index is 13.6. The van der Waals surface area contributed by atoms with Crippen LogP contribution >= 0.6 is 11.8 Å². The molecule has 0 aliphatic carbocycles. The molecule has 2 amide bonds. The first kappa shape index (κ1) is 19.6. The van der Waals surface area contributed by atoms with Gasteiger partial charge in [0.2, 0.25) is 11.8 Å². The van der Waals surface area contributed by atoms with Crippen LogP contribution in [-0.2, 0) is 9.59 Å². The first-order valence-corrected chi connectivity index (χ1v) is 9.33. The van der Waals surface area contributed by atoms with Crippen molar-refractivity contribution in [3.63, 3.8) is 0 Å². The van der Waals surface area contributed by atoms with Gasteiger partial charge in [0.05, 0.1) is 28.1 Å². The van der Waals surface area contributed by atoms with Crippen LogP contribution in [0.15, 0.2) is 59.1 Å². The molecule has 5 nitrogen and oxygen atoms in total. The number of carbonyl (C=O) groups excluding carboxylic acids is 2. The van der Waals surface area contributed by atoms with E-state index >= 15 is 0 Å². The Bertz CT molecular complexity index is 984.